The number of anilines is 1. The molecule has 134 valence electrons. The molecule has 5 nitrogen and oxygen atoms in total. The molecule has 1 aliphatic carbocycles. The molecular formula is C17H19F3N4O. The summed E-state index contributed by atoms with van der Waals surface area (Å²) in [6, 6.07) is 3.63. The fraction of sp³-hybridized carbons (Fsp3) is 0.353. The van der Waals surface area contributed by atoms with Crippen molar-refractivity contribution in [2.45, 2.75) is 38.9 Å². The van der Waals surface area contributed by atoms with E-state index in [1.165, 1.54) is 24.4 Å². The molecule has 0 amide bonds. The molecule has 1 aliphatic rings. The predicted molar refractivity (Wildman–Crippen MR) is 90.3 cm³/mol. The topological polar surface area (TPSA) is 84.1 Å². The monoisotopic (exact) mass is 352 g/mol. The maximum atomic E-state index is 13.5. The molecule has 0 atom stereocenters. The maximum absolute atomic E-state index is 13.5. The fourth-order valence-electron chi connectivity index (χ4n) is 1.95. The second-order valence-electron chi connectivity index (χ2n) is 5.52. The third-order valence-corrected chi connectivity index (χ3v) is 3.54. The third kappa shape index (κ3) is 5.17. The van der Waals surface area contributed by atoms with Crippen LogP contribution in [-0.2, 0) is 6.54 Å². The standard InChI is InChI=1S/C14H14F2N4O.C3H5F/c1-2-12(9-7-19-20-14(21)13(9)17)18-6-8-10(15)4-3-5-11(8)16;4-3-1-2-3/h3-5,7H,2,6H2,1H3,(H2,17,19)(H,20,21);3H,1-2H2. The number of H-pyrrole nitrogens is 1. The zero-order valence-corrected chi connectivity index (χ0v) is 13.7. The number of aromatic amines is 1. The van der Waals surface area contributed by atoms with Gasteiger partial charge in [0.2, 0.25) is 0 Å². The molecule has 0 unspecified atom stereocenters. The molecule has 2 aromatic rings. The van der Waals surface area contributed by atoms with Gasteiger partial charge in [-0.05, 0) is 31.4 Å². The predicted octanol–water partition coefficient (Wildman–Crippen LogP) is 3.15. The number of halogens is 3. The number of hydrogen-bond acceptors (Lipinski definition) is 4. The van der Waals surface area contributed by atoms with Crippen LogP contribution in [-0.4, -0.2) is 22.1 Å². The van der Waals surface area contributed by atoms with E-state index in [0.717, 1.165) is 12.8 Å². The summed E-state index contributed by atoms with van der Waals surface area (Å²) < 4.78 is 38.2. The quantitative estimate of drug-likeness (QED) is 0.829. The van der Waals surface area contributed by atoms with Gasteiger partial charge in [0.1, 0.15) is 23.5 Å². The van der Waals surface area contributed by atoms with Gasteiger partial charge in [-0.25, -0.2) is 18.3 Å². The molecule has 3 N–H and O–H groups in total. The highest BCUT2D eigenvalue weighted by molar-refractivity contribution is 6.04. The second-order valence-corrected chi connectivity index (χ2v) is 5.52. The zero-order chi connectivity index (χ0) is 18.4. The van der Waals surface area contributed by atoms with Crippen LogP contribution in [0.5, 0.6) is 0 Å². The van der Waals surface area contributed by atoms with Crippen LogP contribution in [0.3, 0.4) is 0 Å². The van der Waals surface area contributed by atoms with Gasteiger partial charge in [0.15, 0.2) is 0 Å². The van der Waals surface area contributed by atoms with Gasteiger partial charge in [-0.2, -0.15) is 5.10 Å². The van der Waals surface area contributed by atoms with Gasteiger partial charge in [-0.1, -0.05) is 13.0 Å². The summed E-state index contributed by atoms with van der Waals surface area (Å²) in [4.78, 5) is 15.6. The van der Waals surface area contributed by atoms with Gasteiger partial charge in [0.25, 0.3) is 5.56 Å². The largest absolute Gasteiger partial charge is 0.394 e. The average Bonchev–Trinajstić information content (AvgIpc) is 3.36. The molecule has 1 aromatic heterocycles. The van der Waals surface area contributed by atoms with Gasteiger partial charge in [0, 0.05) is 16.8 Å². The Kier molecular flexibility index (Phi) is 6.32. The smallest absolute Gasteiger partial charge is 0.287 e. The van der Waals surface area contributed by atoms with E-state index in [1.807, 2.05) is 0 Å². The summed E-state index contributed by atoms with van der Waals surface area (Å²) in [6.45, 7) is 1.63. The summed E-state index contributed by atoms with van der Waals surface area (Å²) >= 11 is 0. The van der Waals surface area contributed by atoms with E-state index in [0.29, 0.717) is 17.7 Å². The number of benzene rings is 1. The van der Waals surface area contributed by atoms with Crippen molar-refractivity contribution in [3.8, 4) is 0 Å². The molecule has 1 aromatic carbocycles. The van der Waals surface area contributed by atoms with Crippen LogP contribution in [0.4, 0.5) is 18.9 Å². The first kappa shape index (κ1) is 18.7. The lowest BCUT2D eigenvalue weighted by molar-refractivity contribution is 0.480. The van der Waals surface area contributed by atoms with E-state index < -0.39 is 23.4 Å². The average molecular weight is 352 g/mol. The zero-order valence-electron chi connectivity index (χ0n) is 13.7. The van der Waals surface area contributed by atoms with Crippen molar-refractivity contribution in [3.63, 3.8) is 0 Å². The van der Waals surface area contributed by atoms with Crippen molar-refractivity contribution < 1.29 is 13.2 Å². The molecular weight excluding hydrogens is 333 g/mol. The van der Waals surface area contributed by atoms with E-state index in [-0.39, 0.29) is 17.8 Å². The molecule has 25 heavy (non-hydrogen) atoms. The summed E-state index contributed by atoms with van der Waals surface area (Å²) in [5.41, 5.74) is 5.85. The number of nitrogen functional groups attached to an aromatic ring is 1. The van der Waals surface area contributed by atoms with Crippen LogP contribution in [0.25, 0.3) is 0 Å². The molecule has 1 fully saturated rings. The third-order valence-electron chi connectivity index (χ3n) is 3.54. The van der Waals surface area contributed by atoms with Gasteiger partial charge in [0.05, 0.1) is 12.7 Å². The highest BCUT2D eigenvalue weighted by Crippen LogP contribution is 2.22. The molecule has 1 heterocycles. The van der Waals surface area contributed by atoms with Crippen molar-refractivity contribution in [3.05, 3.63) is 57.5 Å². The van der Waals surface area contributed by atoms with Crippen LogP contribution >= 0.6 is 0 Å². The van der Waals surface area contributed by atoms with E-state index >= 15 is 0 Å². The van der Waals surface area contributed by atoms with E-state index in [1.54, 1.807) is 6.92 Å². The van der Waals surface area contributed by atoms with Crippen LogP contribution < -0.4 is 11.3 Å². The Labute approximate surface area is 142 Å². The Morgan fingerprint density at radius 2 is 1.96 bits per heavy atom. The Morgan fingerprint density at radius 1 is 1.36 bits per heavy atom. The van der Waals surface area contributed by atoms with Crippen molar-refractivity contribution in [2.75, 3.05) is 5.73 Å². The van der Waals surface area contributed by atoms with Gasteiger partial charge < -0.3 is 5.73 Å². The van der Waals surface area contributed by atoms with Crippen LogP contribution in [0.2, 0.25) is 0 Å². The van der Waals surface area contributed by atoms with E-state index in [9.17, 15) is 18.0 Å². The van der Waals surface area contributed by atoms with Gasteiger partial charge in [-0.15, -0.1) is 0 Å². The lowest BCUT2D eigenvalue weighted by atomic mass is 10.1. The number of aliphatic imine (C=N–C) groups is 1. The number of aromatic nitrogens is 2. The Balaban J connectivity index is 0.000000493. The first-order chi connectivity index (χ1) is 11.9. The molecule has 0 radical (unpaired) electrons. The normalized spacial score (nSPS) is 14.0. The first-order valence-corrected chi connectivity index (χ1v) is 7.87. The van der Waals surface area contributed by atoms with Crippen molar-refractivity contribution in [1.82, 2.24) is 10.2 Å². The fourth-order valence-corrected chi connectivity index (χ4v) is 1.95. The Bertz CT molecular complexity index is 796. The molecule has 0 aliphatic heterocycles. The molecule has 1 saturated carbocycles. The highest BCUT2D eigenvalue weighted by Gasteiger charge is 2.18. The first-order valence-electron chi connectivity index (χ1n) is 7.87. The maximum Gasteiger partial charge on any atom is 0.287 e. The number of nitrogens with zero attached hydrogens (tertiary/aromatic N) is 2. The summed E-state index contributed by atoms with van der Waals surface area (Å²) in [5, 5.41) is 5.86. The number of alkyl halides is 1. The SMILES string of the molecule is CCC(=NCc1c(F)cccc1F)c1cn[nH]c(=O)c1N.FC1CC1. The number of hydrogen-bond donors (Lipinski definition) is 2. The number of nitrogens with two attached hydrogens (primary N) is 1. The Morgan fingerprint density at radius 3 is 2.48 bits per heavy atom. The van der Waals surface area contributed by atoms with Gasteiger partial charge in [-0.3, -0.25) is 9.79 Å². The Hall–Kier alpha value is -2.64. The van der Waals surface area contributed by atoms with Crippen LogP contribution in [0.1, 0.15) is 37.3 Å². The molecule has 0 saturated heterocycles. The van der Waals surface area contributed by atoms with E-state index in [4.69, 9.17) is 5.73 Å². The molecule has 3 rings (SSSR count). The van der Waals surface area contributed by atoms with Gasteiger partial charge >= 0.3 is 0 Å². The second kappa shape index (κ2) is 8.46. The van der Waals surface area contributed by atoms with Crippen molar-refractivity contribution in [1.29, 1.82) is 0 Å². The summed E-state index contributed by atoms with van der Waals surface area (Å²) in [7, 11) is 0. The van der Waals surface area contributed by atoms with Crippen LogP contribution in [0, 0.1) is 11.6 Å². The molecule has 0 bridgehead atoms. The minimum Gasteiger partial charge on any atom is -0.394 e. The molecule has 8 heteroatoms. The minimum atomic E-state index is -0.661. The lowest BCUT2D eigenvalue weighted by Crippen LogP contribution is -2.18. The number of nitrogens with one attached hydrogen (secondary N) is 1. The number of rotatable bonds is 4. The summed E-state index contributed by atoms with van der Waals surface area (Å²) in [5.74, 6) is -1.32. The van der Waals surface area contributed by atoms with Crippen molar-refractivity contribution in [2.24, 2.45) is 4.99 Å². The minimum absolute atomic E-state index is 0.0143. The highest BCUT2D eigenvalue weighted by atomic mass is 19.1. The van der Waals surface area contributed by atoms with E-state index in [2.05, 4.69) is 15.2 Å². The lowest BCUT2D eigenvalue weighted by Gasteiger charge is -2.07. The van der Waals surface area contributed by atoms with Crippen molar-refractivity contribution >= 4 is 11.4 Å². The summed E-state index contributed by atoms with van der Waals surface area (Å²) in [6.07, 6.45) is 3.04. The molecule has 0 spiro atoms. The van der Waals surface area contributed by atoms with Crippen LogP contribution in [0.15, 0.2) is 34.2 Å².